The fourth-order valence-electron chi connectivity index (χ4n) is 2.81. The van der Waals surface area contributed by atoms with E-state index in [4.69, 9.17) is 5.73 Å². The molecule has 0 saturated heterocycles. The van der Waals surface area contributed by atoms with Crippen molar-refractivity contribution < 1.29 is 0 Å². The molecule has 0 saturated carbocycles. The molecule has 1 aromatic carbocycles. The van der Waals surface area contributed by atoms with E-state index in [0.29, 0.717) is 12.1 Å². The van der Waals surface area contributed by atoms with Gasteiger partial charge in [0, 0.05) is 23.8 Å². The summed E-state index contributed by atoms with van der Waals surface area (Å²) in [5.41, 5.74) is 8.82. The summed E-state index contributed by atoms with van der Waals surface area (Å²) in [5.74, 6) is 0. The first-order valence-corrected chi connectivity index (χ1v) is 6.21. The number of para-hydroxylation sites is 1. The van der Waals surface area contributed by atoms with Gasteiger partial charge in [-0.1, -0.05) is 18.2 Å². The highest BCUT2D eigenvalue weighted by molar-refractivity contribution is 5.60. The number of hydrogen-bond donors (Lipinski definition) is 1. The van der Waals surface area contributed by atoms with Crippen molar-refractivity contribution in [3.8, 4) is 0 Å². The van der Waals surface area contributed by atoms with E-state index in [2.05, 4.69) is 49.9 Å². The van der Waals surface area contributed by atoms with Gasteiger partial charge < -0.3 is 10.6 Å². The molecule has 0 aliphatic carbocycles. The number of anilines is 1. The quantitative estimate of drug-likeness (QED) is 0.845. The number of benzene rings is 1. The SMILES string of the molecule is CC(N)CC1Cc2ccccc2N1C(C)C. The van der Waals surface area contributed by atoms with E-state index in [1.54, 1.807) is 0 Å². The van der Waals surface area contributed by atoms with Crippen molar-refractivity contribution in [2.24, 2.45) is 5.73 Å². The van der Waals surface area contributed by atoms with Gasteiger partial charge in [-0.15, -0.1) is 0 Å². The maximum atomic E-state index is 5.94. The van der Waals surface area contributed by atoms with E-state index in [1.165, 1.54) is 11.3 Å². The van der Waals surface area contributed by atoms with Crippen molar-refractivity contribution in [1.82, 2.24) is 0 Å². The van der Waals surface area contributed by atoms with E-state index < -0.39 is 0 Å². The molecule has 2 heteroatoms. The third kappa shape index (κ3) is 2.07. The molecule has 0 spiro atoms. The Morgan fingerprint density at radius 1 is 1.31 bits per heavy atom. The van der Waals surface area contributed by atoms with Crippen LogP contribution < -0.4 is 10.6 Å². The van der Waals surface area contributed by atoms with Gasteiger partial charge in [0.15, 0.2) is 0 Å². The first-order chi connectivity index (χ1) is 7.59. The number of nitrogens with zero attached hydrogens (tertiary/aromatic N) is 1. The largest absolute Gasteiger partial charge is 0.366 e. The molecule has 0 fully saturated rings. The summed E-state index contributed by atoms with van der Waals surface area (Å²) in [7, 11) is 0. The Labute approximate surface area is 98.4 Å². The second-order valence-corrected chi connectivity index (χ2v) is 5.20. The van der Waals surface area contributed by atoms with Crippen LogP contribution in [0.4, 0.5) is 5.69 Å². The fourth-order valence-corrected chi connectivity index (χ4v) is 2.81. The van der Waals surface area contributed by atoms with Gasteiger partial charge in [0.2, 0.25) is 0 Å². The highest BCUT2D eigenvalue weighted by Crippen LogP contribution is 2.35. The van der Waals surface area contributed by atoms with Crippen LogP contribution in [0.5, 0.6) is 0 Å². The van der Waals surface area contributed by atoms with Gasteiger partial charge in [0.1, 0.15) is 0 Å². The molecule has 0 aromatic heterocycles. The normalized spacial score (nSPS) is 21.3. The van der Waals surface area contributed by atoms with Crippen LogP contribution >= 0.6 is 0 Å². The minimum absolute atomic E-state index is 0.278. The molecule has 2 N–H and O–H groups in total. The summed E-state index contributed by atoms with van der Waals surface area (Å²) in [4.78, 5) is 2.53. The van der Waals surface area contributed by atoms with E-state index in [9.17, 15) is 0 Å². The van der Waals surface area contributed by atoms with Crippen LogP contribution in [0, 0.1) is 0 Å². The molecule has 0 amide bonds. The predicted octanol–water partition coefficient (Wildman–Crippen LogP) is 2.56. The van der Waals surface area contributed by atoms with Crippen LogP contribution in [-0.4, -0.2) is 18.1 Å². The monoisotopic (exact) mass is 218 g/mol. The Hall–Kier alpha value is -1.02. The molecule has 1 aromatic rings. The van der Waals surface area contributed by atoms with Crippen molar-refractivity contribution in [3.05, 3.63) is 29.8 Å². The summed E-state index contributed by atoms with van der Waals surface area (Å²) < 4.78 is 0. The van der Waals surface area contributed by atoms with E-state index >= 15 is 0 Å². The summed E-state index contributed by atoms with van der Waals surface area (Å²) in [6, 6.07) is 10.1. The molecular formula is C14H22N2. The van der Waals surface area contributed by atoms with E-state index in [0.717, 1.165) is 12.8 Å². The van der Waals surface area contributed by atoms with Crippen LogP contribution in [-0.2, 0) is 6.42 Å². The fraction of sp³-hybridized carbons (Fsp3) is 0.571. The van der Waals surface area contributed by atoms with Gasteiger partial charge in [-0.25, -0.2) is 0 Å². The lowest BCUT2D eigenvalue weighted by molar-refractivity contribution is 0.497. The number of nitrogens with two attached hydrogens (primary N) is 1. The van der Waals surface area contributed by atoms with Crippen LogP contribution in [0.2, 0.25) is 0 Å². The molecule has 1 aliphatic heterocycles. The number of fused-ring (bicyclic) bond motifs is 1. The second kappa shape index (κ2) is 4.46. The minimum atomic E-state index is 0.278. The van der Waals surface area contributed by atoms with Crippen molar-refractivity contribution in [3.63, 3.8) is 0 Å². The molecule has 16 heavy (non-hydrogen) atoms. The van der Waals surface area contributed by atoms with Gasteiger partial charge >= 0.3 is 0 Å². The van der Waals surface area contributed by atoms with Crippen molar-refractivity contribution >= 4 is 5.69 Å². The van der Waals surface area contributed by atoms with Gasteiger partial charge in [0.05, 0.1) is 0 Å². The van der Waals surface area contributed by atoms with E-state index in [-0.39, 0.29) is 6.04 Å². The van der Waals surface area contributed by atoms with Crippen molar-refractivity contribution in [1.29, 1.82) is 0 Å². The molecule has 1 heterocycles. The standard InChI is InChI=1S/C14H22N2/c1-10(2)16-13(8-11(3)15)9-12-6-4-5-7-14(12)16/h4-7,10-11,13H,8-9,15H2,1-3H3. The van der Waals surface area contributed by atoms with Crippen LogP contribution in [0.25, 0.3) is 0 Å². The van der Waals surface area contributed by atoms with Crippen LogP contribution in [0.1, 0.15) is 32.8 Å². The lowest BCUT2D eigenvalue weighted by atomic mass is 10.0. The lowest BCUT2D eigenvalue weighted by Crippen LogP contribution is -2.40. The Bertz CT molecular complexity index is 358. The van der Waals surface area contributed by atoms with Crippen LogP contribution in [0.15, 0.2) is 24.3 Å². The minimum Gasteiger partial charge on any atom is -0.366 e. The summed E-state index contributed by atoms with van der Waals surface area (Å²) in [6.07, 6.45) is 2.22. The topological polar surface area (TPSA) is 29.3 Å². The molecule has 2 rings (SSSR count). The molecular weight excluding hydrogens is 196 g/mol. The first kappa shape index (κ1) is 11.5. The molecule has 88 valence electrons. The molecule has 2 atom stereocenters. The zero-order chi connectivity index (χ0) is 11.7. The van der Waals surface area contributed by atoms with Crippen LogP contribution in [0.3, 0.4) is 0 Å². The molecule has 0 bridgehead atoms. The summed E-state index contributed by atoms with van der Waals surface area (Å²) >= 11 is 0. The number of rotatable bonds is 3. The molecule has 2 nitrogen and oxygen atoms in total. The average Bonchev–Trinajstić information content (AvgIpc) is 2.53. The Balaban J connectivity index is 2.26. The van der Waals surface area contributed by atoms with Gasteiger partial charge in [-0.05, 0) is 45.2 Å². The highest BCUT2D eigenvalue weighted by Gasteiger charge is 2.30. The molecule has 1 aliphatic rings. The Morgan fingerprint density at radius 3 is 2.62 bits per heavy atom. The lowest BCUT2D eigenvalue weighted by Gasteiger charge is -2.32. The van der Waals surface area contributed by atoms with Crippen molar-refractivity contribution in [2.75, 3.05) is 4.90 Å². The Morgan fingerprint density at radius 2 is 2.00 bits per heavy atom. The highest BCUT2D eigenvalue weighted by atomic mass is 15.2. The zero-order valence-corrected chi connectivity index (χ0v) is 10.5. The second-order valence-electron chi connectivity index (χ2n) is 5.20. The maximum Gasteiger partial charge on any atom is 0.0404 e. The Kier molecular flexibility index (Phi) is 3.20. The van der Waals surface area contributed by atoms with Gasteiger partial charge in [-0.2, -0.15) is 0 Å². The predicted molar refractivity (Wildman–Crippen MR) is 69.8 cm³/mol. The molecule has 2 unspecified atom stereocenters. The summed E-state index contributed by atoms with van der Waals surface area (Å²) in [5, 5.41) is 0. The molecule has 0 radical (unpaired) electrons. The summed E-state index contributed by atoms with van der Waals surface area (Å²) in [6.45, 7) is 6.62. The van der Waals surface area contributed by atoms with E-state index in [1.807, 2.05) is 0 Å². The third-order valence-corrected chi connectivity index (χ3v) is 3.32. The zero-order valence-electron chi connectivity index (χ0n) is 10.5. The third-order valence-electron chi connectivity index (χ3n) is 3.32. The maximum absolute atomic E-state index is 5.94. The van der Waals surface area contributed by atoms with Crippen molar-refractivity contribution in [2.45, 2.75) is 51.7 Å². The van der Waals surface area contributed by atoms with Gasteiger partial charge in [0.25, 0.3) is 0 Å². The average molecular weight is 218 g/mol. The number of hydrogen-bond acceptors (Lipinski definition) is 2. The van der Waals surface area contributed by atoms with Gasteiger partial charge in [-0.3, -0.25) is 0 Å². The first-order valence-electron chi connectivity index (χ1n) is 6.21. The smallest absolute Gasteiger partial charge is 0.0404 e.